The zero-order chi connectivity index (χ0) is 19.8. The van der Waals surface area contributed by atoms with Crippen LogP contribution in [0.25, 0.3) is 6.08 Å². The van der Waals surface area contributed by atoms with E-state index in [1.165, 1.54) is 31.0 Å². The Kier molecular flexibility index (Phi) is 5.30. The van der Waals surface area contributed by atoms with Crippen molar-refractivity contribution in [1.82, 2.24) is 0 Å². The molecule has 4 nitrogen and oxygen atoms in total. The van der Waals surface area contributed by atoms with Crippen molar-refractivity contribution in [3.05, 3.63) is 52.6 Å². The molecule has 0 spiro atoms. The van der Waals surface area contributed by atoms with E-state index in [1.54, 1.807) is 24.3 Å². The van der Waals surface area contributed by atoms with Crippen molar-refractivity contribution < 1.29 is 32.5 Å². The first-order valence-corrected chi connectivity index (χ1v) is 8.73. The fraction of sp³-hybridized carbons (Fsp3) is 0.167. The highest BCUT2D eigenvalue weighted by Gasteiger charge is 2.48. The summed E-state index contributed by atoms with van der Waals surface area (Å²) in [6.45, 7) is 0. The molecule has 1 atom stereocenters. The highest BCUT2D eigenvalue weighted by molar-refractivity contribution is 7.99. The number of fused-ring (bicyclic) bond motifs is 1. The molecule has 1 unspecified atom stereocenters. The van der Waals surface area contributed by atoms with Gasteiger partial charge in [-0.25, -0.2) is 4.79 Å². The highest BCUT2D eigenvalue weighted by atomic mass is 35.5. The lowest BCUT2D eigenvalue weighted by Crippen LogP contribution is -2.40. The predicted molar refractivity (Wildman–Crippen MR) is 94.7 cm³/mol. The van der Waals surface area contributed by atoms with Gasteiger partial charge in [-0.15, -0.1) is 0 Å². The van der Waals surface area contributed by atoms with E-state index in [0.717, 1.165) is 11.0 Å². The van der Waals surface area contributed by atoms with Crippen molar-refractivity contribution in [2.75, 3.05) is 7.11 Å². The molecule has 1 aliphatic rings. The number of carboxylic acid groups (broad SMARTS) is 1. The summed E-state index contributed by atoms with van der Waals surface area (Å²) in [5.74, 6) is -1.14. The molecule has 0 bridgehead atoms. The summed E-state index contributed by atoms with van der Waals surface area (Å²) in [7, 11) is 1.53. The van der Waals surface area contributed by atoms with Gasteiger partial charge in [-0.05, 0) is 42.5 Å². The van der Waals surface area contributed by atoms with Crippen LogP contribution in [0.1, 0.15) is 5.56 Å². The van der Waals surface area contributed by atoms with Crippen LogP contribution >= 0.6 is 23.4 Å². The number of ether oxygens (including phenoxy) is 2. The number of alkyl halides is 3. The number of carbonyl (C=O) groups is 1. The van der Waals surface area contributed by atoms with Crippen LogP contribution in [-0.2, 0) is 4.79 Å². The lowest BCUT2D eigenvalue weighted by atomic mass is 10.0. The molecule has 2 aromatic carbocycles. The Labute approximate surface area is 161 Å². The smallest absolute Gasteiger partial charge is 0.430 e. The summed E-state index contributed by atoms with van der Waals surface area (Å²) in [5.41, 5.74) is -0.699. The molecule has 2 aromatic rings. The van der Waals surface area contributed by atoms with Crippen molar-refractivity contribution in [3.8, 4) is 11.5 Å². The number of carboxylic acids is 1. The zero-order valence-electron chi connectivity index (χ0n) is 13.7. The second kappa shape index (κ2) is 7.36. The Morgan fingerprint density at radius 1 is 1.22 bits per heavy atom. The molecule has 1 N–H and O–H groups in total. The Bertz CT molecular complexity index is 910. The average molecular weight is 417 g/mol. The molecule has 27 heavy (non-hydrogen) atoms. The minimum absolute atomic E-state index is 0.0808. The van der Waals surface area contributed by atoms with E-state index in [0.29, 0.717) is 10.6 Å². The number of rotatable bonds is 4. The van der Waals surface area contributed by atoms with Gasteiger partial charge in [0.25, 0.3) is 0 Å². The van der Waals surface area contributed by atoms with Crippen molar-refractivity contribution in [1.29, 1.82) is 0 Å². The van der Waals surface area contributed by atoms with Gasteiger partial charge in [-0.1, -0.05) is 23.4 Å². The van der Waals surface area contributed by atoms with Gasteiger partial charge in [0.15, 0.2) is 0 Å². The summed E-state index contributed by atoms with van der Waals surface area (Å²) in [6.07, 6.45) is -6.43. The molecule has 9 heteroatoms. The van der Waals surface area contributed by atoms with E-state index in [2.05, 4.69) is 0 Å². The molecule has 0 radical (unpaired) electrons. The van der Waals surface area contributed by atoms with E-state index >= 15 is 0 Å². The number of methoxy groups -OCH3 is 1. The largest absolute Gasteiger partial charge is 0.497 e. The minimum Gasteiger partial charge on any atom is -0.497 e. The lowest BCUT2D eigenvalue weighted by Gasteiger charge is -2.28. The van der Waals surface area contributed by atoms with Crippen LogP contribution in [0.5, 0.6) is 11.5 Å². The van der Waals surface area contributed by atoms with Gasteiger partial charge in [0.05, 0.1) is 17.7 Å². The Morgan fingerprint density at radius 3 is 2.44 bits per heavy atom. The van der Waals surface area contributed by atoms with E-state index in [9.17, 15) is 23.1 Å². The molecule has 0 aliphatic carbocycles. The first kappa shape index (κ1) is 19.4. The molecule has 0 saturated heterocycles. The summed E-state index contributed by atoms with van der Waals surface area (Å²) in [4.78, 5) is 12.5. The summed E-state index contributed by atoms with van der Waals surface area (Å²) in [5, 5.41) is 9.47. The Morgan fingerprint density at radius 2 is 1.89 bits per heavy atom. The fourth-order valence-corrected chi connectivity index (χ4v) is 3.72. The van der Waals surface area contributed by atoms with Gasteiger partial charge in [0, 0.05) is 15.4 Å². The molecule has 1 heterocycles. The quantitative estimate of drug-likeness (QED) is 0.733. The van der Waals surface area contributed by atoms with E-state index in [1.807, 2.05) is 0 Å². The number of halogens is 4. The predicted octanol–water partition coefficient (Wildman–Crippen LogP) is 5.29. The van der Waals surface area contributed by atoms with Crippen LogP contribution in [0.4, 0.5) is 13.2 Å². The van der Waals surface area contributed by atoms with Gasteiger partial charge in [-0.3, -0.25) is 0 Å². The molecule has 0 saturated carbocycles. The van der Waals surface area contributed by atoms with Crippen molar-refractivity contribution in [3.63, 3.8) is 0 Å². The lowest BCUT2D eigenvalue weighted by molar-refractivity contribution is -0.187. The molecule has 142 valence electrons. The fourth-order valence-electron chi connectivity index (χ4n) is 2.50. The maximum atomic E-state index is 13.2. The van der Waals surface area contributed by atoms with Gasteiger partial charge < -0.3 is 14.6 Å². The molecule has 3 rings (SSSR count). The molecule has 0 aromatic heterocycles. The third-order valence-corrected chi connectivity index (χ3v) is 5.34. The number of hydrogen-bond acceptors (Lipinski definition) is 4. The number of benzene rings is 2. The molecule has 0 amide bonds. The summed E-state index contributed by atoms with van der Waals surface area (Å²) < 4.78 is 49.6. The SMILES string of the molecule is COc1ccc(Sc2c(Cl)ccc3c2C=C(C(=O)O)C(C(F)(F)F)O3)cc1. The molecular weight excluding hydrogens is 405 g/mol. The number of aliphatic carboxylic acids is 1. The van der Waals surface area contributed by atoms with Crippen LogP contribution in [0.15, 0.2) is 51.8 Å². The van der Waals surface area contributed by atoms with E-state index in [4.69, 9.17) is 21.1 Å². The average Bonchev–Trinajstić information content (AvgIpc) is 2.62. The molecule has 0 fully saturated rings. The first-order chi connectivity index (χ1) is 12.7. The van der Waals surface area contributed by atoms with Gasteiger partial charge in [0.2, 0.25) is 6.10 Å². The third-order valence-electron chi connectivity index (χ3n) is 3.76. The van der Waals surface area contributed by atoms with Crippen molar-refractivity contribution in [2.24, 2.45) is 0 Å². The molecule has 1 aliphatic heterocycles. The minimum atomic E-state index is -4.86. The first-order valence-electron chi connectivity index (χ1n) is 7.53. The third kappa shape index (κ3) is 4.01. The topological polar surface area (TPSA) is 55.8 Å². The summed E-state index contributed by atoms with van der Waals surface area (Å²) >= 11 is 7.41. The van der Waals surface area contributed by atoms with Crippen LogP contribution in [-0.4, -0.2) is 30.5 Å². The van der Waals surface area contributed by atoms with E-state index in [-0.39, 0.29) is 16.3 Å². The zero-order valence-corrected chi connectivity index (χ0v) is 15.3. The van der Waals surface area contributed by atoms with Gasteiger partial charge in [-0.2, -0.15) is 13.2 Å². The Hall–Kier alpha value is -2.32. The van der Waals surface area contributed by atoms with Gasteiger partial charge >= 0.3 is 12.1 Å². The second-order valence-electron chi connectivity index (χ2n) is 5.51. The van der Waals surface area contributed by atoms with Crippen LogP contribution in [0.3, 0.4) is 0 Å². The second-order valence-corrected chi connectivity index (χ2v) is 7.00. The van der Waals surface area contributed by atoms with E-state index < -0.39 is 23.8 Å². The monoisotopic (exact) mass is 416 g/mol. The maximum absolute atomic E-state index is 13.2. The van der Waals surface area contributed by atoms with Gasteiger partial charge in [0.1, 0.15) is 11.5 Å². The van der Waals surface area contributed by atoms with Crippen LogP contribution in [0.2, 0.25) is 5.02 Å². The van der Waals surface area contributed by atoms with Crippen molar-refractivity contribution in [2.45, 2.75) is 22.1 Å². The standard InChI is InChI=1S/C18H12ClF3O4S/c1-25-9-2-4-10(5-3-9)27-15-11-8-12(17(23)24)16(18(20,21)22)26-14(11)7-6-13(15)19/h2-8,16H,1H3,(H,23,24). The summed E-state index contributed by atoms with van der Waals surface area (Å²) in [6, 6.07) is 9.66. The molecular formula is C18H12ClF3O4S. The maximum Gasteiger partial charge on any atom is 0.430 e. The Balaban J connectivity index is 2.06. The van der Waals surface area contributed by atoms with Crippen molar-refractivity contribution >= 4 is 35.4 Å². The highest BCUT2D eigenvalue weighted by Crippen LogP contribution is 2.45. The normalized spacial score (nSPS) is 16.2. The van der Waals surface area contributed by atoms with Crippen LogP contribution < -0.4 is 9.47 Å². The van der Waals surface area contributed by atoms with Crippen LogP contribution in [0, 0.1) is 0 Å². The number of hydrogen-bond donors (Lipinski definition) is 1.